The fourth-order valence-corrected chi connectivity index (χ4v) is 8.17. The van der Waals surface area contributed by atoms with Crippen LogP contribution in [0.25, 0.3) is 0 Å². The van der Waals surface area contributed by atoms with E-state index in [1.165, 1.54) is 6.42 Å². The van der Waals surface area contributed by atoms with Gasteiger partial charge in [-0.2, -0.15) is 0 Å². The number of nitrogens with one attached hydrogen (secondary N) is 3. The fourth-order valence-electron chi connectivity index (χ4n) is 8.17. The molecule has 4 fully saturated rings. The Morgan fingerprint density at radius 2 is 1.82 bits per heavy atom. The Balaban J connectivity index is 1.49. The largest absolute Gasteiger partial charge is 0.394 e. The number of carbonyl (C=O) groups is 2. The average Bonchev–Trinajstić information content (AvgIpc) is 2.98. The molecular formula is C36H56N4O5. The molecule has 2 amide bonds. The summed E-state index contributed by atoms with van der Waals surface area (Å²) in [5, 5.41) is 40.9. The van der Waals surface area contributed by atoms with Crippen LogP contribution in [0.3, 0.4) is 0 Å². The van der Waals surface area contributed by atoms with E-state index in [-0.39, 0.29) is 23.3 Å². The summed E-state index contributed by atoms with van der Waals surface area (Å²) in [6.07, 6.45) is 4.65. The molecule has 45 heavy (non-hydrogen) atoms. The zero-order valence-electron chi connectivity index (χ0n) is 28.1. The maximum Gasteiger partial charge on any atom is 0.237 e. The van der Waals surface area contributed by atoms with Gasteiger partial charge in [0.1, 0.15) is 5.54 Å². The zero-order valence-corrected chi connectivity index (χ0v) is 28.1. The molecule has 1 aromatic carbocycles. The molecule has 4 aliphatic rings. The molecule has 4 aliphatic carbocycles. The monoisotopic (exact) mass is 624 g/mol. The summed E-state index contributed by atoms with van der Waals surface area (Å²) in [6.45, 7) is 8.45. The maximum atomic E-state index is 13.8. The van der Waals surface area contributed by atoms with Crippen LogP contribution in [0.1, 0.15) is 83.8 Å². The van der Waals surface area contributed by atoms with Gasteiger partial charge in [0.25, 0.3) is 0 Å². The van der Waals surface area contributed by atoms with Gasteiger partial charge in [0, 0.05) is 24.1 Å². The summed E-state index contributed by atoms with van der Waals surface area (Å²) in [6, 6.07) is 6.87. The van der Waals surface area contributed by atoms with Gasteiger partial charge >= 0.3 is 0 Å². The van der Waals surface area contributed by atoms with E-state index in [1.54, 1.807) is 6.92 Å². The Morgan fingerprint density at radius 3 is 2.42 bits per heavy atom. The third kappa shape index (κ3) is 8.47. The Kier molecular flexibility index (Phi) is 11.8. The Hall–Kier alpha value is -2.48. The molecule has 0 aliphatic heterocycles. The third-order valence-corrected chi connectivity index (χ3v) is 11.0. The van der Waals surface area contributed by atoms with Gasteiger partial charge in [-0.3, -0.25) is 9.59 Å². The topological polar surface area (TPSA) is 134 Å². The van der Waals surface area contributed by atoms with Crippen LogP contribution in [0.2, 0.25) is 0 Å². The van der Waals surface area contributed by atoms with Gasteiger partial charge in [0.15, 0.2) is 0 Å². The smallest absolute Gasteiger partial charge is 0.237 e. The summed E-state index contributed by atoms with van der Waals surface area (Å²) in [4.78, 5) is 28.3. The summed E-state index contributed by atoms with van der Waals surface area (Å²) in [5.41, 5.74) is 1.45. The summed E-state index contributed by atoms with van der Waals surface area (Å²) in [7, 11) is 3.75. The SMILES string of the molecule is C[C@H](O)[C@H](C(O)CO)[C@H](NCc1cccc(C#CC2(NC(=O)CN(C)C)CCCCC2)c1)C(=O)N[C@H]1CC2CC([C@H]1C)C2(C)C. The molecule has 6 N–H and O–H groups in total. The number of likely N-dealkylation sites (N-methyl/N-ethyl adjacent to an activating group) is 1. The molecule has 5 rings (SSSR count). The fraction of sp³-hybridized carbons (Fsp3) is 0.722. The van der Waals surface area contributed by atoms with Crippen LogP contribution in [-0.2, 0) is 16.1 Å². The van der Waals surface area contributed by atoms with Crippen LogP contribution < -0.4 is 16.0 Å². The lowest BCUT2D eigenvalue weighted by Crippen LogP contribution is -2.63. The van der Waals surface area contributed by atoms with Gasteiger partial charge in [-0.05, 0) is 87.6 Å². The van der Waals surface area contributed by atoms with E-state index in [9.17, 15) is 24.9 Å². The third-order valence-electron chi connectivity index (χ3n) is 11.0. The number of amides is 2. The standard InChI is InChI=1S/C36H56N4O5/c1-23-28-18-27(35(28,3)4)19-29(23)38-34(45)33(32(24(2)42)30(43)22-41)37-20-26-12-10-11-25(17-26)13-16-36(14-8-7-9-15-36)39-31(44)21-40(5)6/h10-12,17,23-24,27-30,32-33,37,41-43H,7-9,14-15,18-22H2,1-6H3,(H,38,45)(H,39,44)/t23-,24+,27?,28?,29+,30?,32-,33+/m1/s1. The van der Waals surface area contributed by atoms with E-state index in [4.69, 9.17) is 0 Å². The Morgan fingerprint density at radius 1 is 1.11 bits per heavy atom. The second-order valence-electron chi connectivity index (χ2n) is 14.9. The van der Waals surface area contributed by atoms with Crippen molar-refractivity contribution in [2.45, 2.75) is 109 Å². The molecule has 0 spiro atoms. The molecule has 3 unspecified atom stereocenters. The lowest BCUT2D eigenvalue weighted by atomic mass is 9.45. The molecule has 1 aromatic rings. The predicted molar refractivity (Wildman–Crippen MR) is 176 cm³/mol. The quantitative estimate of drug-likeness (QED) is 0.197. The van der Waals surface area contributed by atoms with Crippen molar-refractivity contribution in [1.82, 2.24) is 20.9 Å². The van der Waals surface area contributed by atoms with Gasteiger partial charge in [-0.1, -0.05) is 64.0 Å². The van der Waals surface area contributed by atoms with Crippen molar-refractivity contribution in [2.24, 2.45) is 29.1 Å². The second kappa shape index (κ2) is 15.0. The molecule has 9 heteroatoms. The Bertz CT molecular complexity index is 1230. The molecular weight excluding hydrogens is 568 g/mol. The van der Waals surface area contributed by atoms with Crippen LogP contribution in [-0.4, -0.2) is 89.1 Å². The minimum absolute atomic E-state index is 0.0282. The first-order valence-corrected chi connectivity index (χ1v) is 16.8. The molecule has 2 bridgehead atoms. The number of rotatable bonds is 12. The number of hydrogen-bond acceptors (Lipinski definition) is 7. The lowest BCUT2D eigenvalue weighted by molar-refractivity contribution is -0.139. The van der Waals surface area contributed by atoms with E-state index in [2.05, 4.69) is 48.6 Å². The van der Waals surface area contributed by atoms with Crippen LogP contribution in [0.15, 0.2) is 24.3 Å². The first-order valence-electron chi connectivity index (χ1n) is 16.8. The summed E-state index contributed by atoms with van der Waals surface area (Å²) >= 11 is 0. The molecule has 0 heterocycles. The number of aliphatic hydroxyl groups excluding tert-OH is 3. The van der Waals surface area contributed by atoms with Crippen molar-refractivity contribution in [3.8, 4) is 11.8 Å². The van der Waals surface area contributed by atoms with Crippen molar-refractivity contribution in [3.63, 3.8) is 0 Å². The second-order valence-corrected chi connectivity index (χ2v) is 14.9. The number of fused-ring (bicyclic) bond motifs is 2. The number of hydrogen-bond donors (Lipinski definition) is 6. The molecule has 9 nitrogen and oxygen atoms in total. The summed E-state index contributed by atoms with van der Waals surface area (Å²) < 4.78 is 0. The highest BCUT2D eigenvalue weighted by molar-refractivity contribution is 5.82. The van der Waals surface area contributed by atoms with Crippen molar-refractivity contribution < 1.29 is 24.9 Å². The van der Waals surface area contributed by atoms with Crippen molar-refractivity contribution in [3.05, 3.63) is 35.4 Å². The van der Waals surface area contributed by atoms with Crippen LogP contribution >= 0.6 is 0 Å². The summed E-state index contributed by atoms with van der Waals surface area (Å²) in [5.74, 6) is 6.97. The van der Waals surface area contributed by atoms with E-state index in [0.717, 1.165) is 49.7 Å². The van der Waals surface area contributed by atoms with Crippen LogP contribution in [0.4, 0.5) is 0 Å². The molecule has 250 valence electrons. The minimum atomic E-state index is -1.27. The average molecular weight is 625 g/mol. The molecule has 0 aromatic heterocycles. The minimum Gasteiger partial charge on any atom is -0.394 e. The van der Waals surface area contributed by atoms with E-state index < -0.39 is 36.3 Å². The van der Waals surface area contributed by atoms with Gasteiger partial charge in [0.2, 0.25) is 11.8 Å². The number of carbonyl (C=O) groups excluding carboxylic acids is 2. The predicted octanol–water partition coefficient (Wildman–Crippen LogP) is 2.41. The number of aliphatic hydroxyl groups is 3. The number of benzene rings is 1. The van der Waals surface area contributed by atoms with E-state index >= 15 is 0 Å². The molecule has 4 saturated carbocycles. The highest BCUT2D eigenvalue weighted by Gasteiger charge is 2.56. The van der Waals surface area contributed by atoms with Crippen LogP contribution in [0, 0.1) is 40.9 Å². The van der Waals surface area contributed by atoms with Gasteiger partial charge in [-0.25, -0.2) is 0 Å². The van der Waals surface area contributed by atoms with Crippen molar-refractivity contribution in [1.29, 1.82) is 0 Å². The molecule has 0 saturated heterocycles. The van der Waals surface area contributed by atoms with E-state index in [0.29, 0.717) is 30.8 Å². The van der Waals surface area contributed by atoms with Crippen molar-refractivity contribution in [2.75, 3.05) is 27.2 Å². The molecule has 0 radical (unpaired) electrons. The lowest BCUT2D eigenvalue weighted by Gasteiger charge is -2.62. The normalized spacial score (nSPS) is 27.6. The highest BCUT2D eigenvalue weighted by atomic mass is 16.3. The first-order chi connectivity index (χ1) is 21.3. The first kappa shape index (κ1) is 35.4. The van der Waals surface area contributed by atoms with Gasteiger partial charge < -0.3 is 36.2 Å². The Labute approximate surface area is 269 Å². The van der Waals surface area contributed by atoms with Gasteiger partial charge in [0.05, 0.1) is 31.4 Å². The maximum absolute atomic E-state index is 13.8. The molecule has 8 atom stereocenters. The zero-order chi connectivity index (χ0) is 32.9. The number of nitrogens with zero attached hydrogens (tertiary/aromatic N) is 1. The van der Waals surface area contributed by atoms with Gasteiger partial charge in [-0.15, -0.1) is 0 Å². The highest BCUT2D eigenvalue weighted by Crippen LogP contribution is 2.61. The van der Waals surface area contributed by atoms with E-state index in [1.807, 2.05) is 43.3 Å². The van der Waals surface area contributed by atoms with Crippen LogP contribution in [0.5, 0.6) is 0 Å². The van der Waals surface area contributed by atoms with Crippen molar-refractivity contribution >= 4 is 11.8 Å².